The average Bonchev–Trinajstić information content (AvgIpc) is 3.33. The number of nitrogens with zero attached hydrogens (tertiary/aromatic N) is 1. The Kier molecular flexibility index (Phi) is 4.97. The molecule has 2 aliphatic rings. The van der Waals surface area contributed by atoms with Crippen molar-refractivity contribution in [3.8, 4) is 0 Å². The Morgan fingerprint density at radius 2 is 1.85 bits per heavy atom. The fourth-order valence-corrected chi connectivity index (χ4v) is 5.88. The van der Waals surface area contributed by atoms with Crippen LogP contribution in [0, 0.1) is 0 Å². The van der Waals surface area contributed by atoms with Crippen LogP contribution in [-0.4, -0.2) is 31.7 Å². The lowest BCUT2D eigenvalue weighted by atomic mass is 10.1. The van der Waals surface area contributed by atoms with Gasteiger partial charge in [-0.2, -0.15) is 4.31 Å². The third-order valence-corrected chi connectivity index (χ3v) is 7.69. The van der Waals surface area contributed by atoms with Gasteiger partial charge in [-0.3, -0.25) is 4.79 Å². The Morgan fingerprint density at radius 3 is 2.63 bits per heavy atom. The van der Waals surface area contributed by atoms with Gasteiger partial charge >= 0.3 is 0 Å². The molecule has 0 spiro atoms. The van der Waals surface area contributed by atoms with Crippen molar-refractivity contribution in [3.05, 3.63) is 64.2 Å². The summed E-state index contributed by atoms with van der Waals surface area (Å²) < 4.78 is 27.1. The maximum absolute atomic E-state index is 12.8. The van der Waals surface area contributed by atoms with E-state index >= 15 is 0 Å². The van der Waals surface area contributed by atoms with Crippen LogP contribution in [0.15, 0.2) is 47.4 Å². The molecule has 1 saturated heterocycles. The van der Waals surface area contributed by atoms with Gasteiger partial charge in [0.25, 0.3) is 5.91 Å². The van der Waals surface area contributed by atoms with Gasteiger partial charge in [0.2, 0.25) is 10.0 Å². The number of amides is 1. The number of carbonyl (C=O) groups excluding carboxylic acids is 1. The maximum atomic E-state index is 12.8. The average molecular weight is 405 g/mol. The van der Waals surface area contributed by atoms with Crippen LogP contribution in [0.3, 0.4) is 0 Å². The van der Waals surface area contributed by atoms with Gasteiger partial charge in [-0.15, -0.1) is 0 Å². The van der Waals surface area contributed by atoms with Gasteiger partial charge in [-0.25, -0.2) is 8.42 Å². The topological polar surface area (TPSA) is 66.5 Å². The molecule has 2 aromatic carbocycles. The fraction of sp³-hybridized carbons (Fsp3) is 0.350. The van der Waals surface area contributed by atoms with Gasteiger partial charge in [0.1, 0.15) is 4.90 Å². The quantitative estimate of drug-likeness (QED) is 0.847. The summed E-state index contributed by atoms with van der Waals surface area (Å²) in [6.45, 7) is 0.988. The minimum atomic E-state index is -3.68. The minimum absolute atomic E-state index is 0.00513. The monoisotopic (exact) mass is 404 g/mol. The van der Waals surface area contributed by atoms with Crippen LogP contribution in [0.1, 0.15) is 46.8 Å². The molecule has 27 heavy (non-hydrogen) atoms. The van der Waals surface area contributed by atoms with E-state index in [0.29, 0.717) is 18.7 Å². The molecule has 1 heterocycles. The number of fused-ring (bicyclic) bond motifs is 1. The van der Waals surface area contributed by atoms with Crippen LogP contribution in [-0.2, 0) is 16.4 Å². The molecule has 0 saturated carbocycles. The summed E-state index contributed by atoms with van der Waals surface area (Å²) in [4.78, 5) is 12.8. The van der Waals surface area contributed by atoms with Gasteiger partial charge in [-0.1, -0.05) is 35.9 Å². The summed E-state index contributed by atoms with van der Waals surface area (Å²) in [5.41, 5.74) is 2.68. The molecule has 1 aliphatic heterocycles. The van der Waals surface area contributed by atoms with Crippen LogP contribution in [0.25, 0.3) is 0 Å². The van der Waals surface area contributed by atoms with Gasteiger partial charge in [0, 0.05) is 18.7 Å². The number of nitrogens with one attached hydrogen (secondary N) is 1. The van der Waals surface area contributed by atoms with Crippen molar-refractivity contribution in [1.29, 1.82) is 0 Å². The van der Waals surface area contributed by atoms with Crippen LogP contribution in [0.2, 0.25) is 5.02 Å². The van der Waals surface area contributed by atoms with Gasteiger partial charge in [-0.05, 0) is 55.0 Å². The predicted molar refractivity (Wildman–Crippen MR) is 104 cm³/mol. The summed E-state index contributed by atoms with van der Waals surface area (Å²) in [6.07, 6.45) is 3.46. The second-order valence-corrected chi connectivity index (χ2v) is 9.33. The van der Waals surface area contributed by atoms with Gasteiger partial charge in [0.15, 0.2) is 0 Å². The first-order chi connectivity index (χ1) is 13.0. The lowest BCUT2D eigenvalue weighted by Crippen LogP contribution is -2.29. The minimum Gasteiger partial charge on any atom is -0.345 e. The molecule has 1 amide bonds. The highest BCUT2D eigenvalue weighted by Gasteiger charge is 2.30. The number of benzene rings is 2. The highest BCUT2D eigenvalue weighted by Crippen LogP contribution is 2.32. The highest BCUT2D eigenvalue weighted by atomic mass is 35.5. The Labute approximate surface area is 164 Å². The number of hydrogen-bond donors (Lipinski definition) is 1. The molecule has 1 aliphatic carbocycles. The maximum Gasteiger partial charge on any atom is 0.251 e. The first-order valence-corrected chi connectivity index (χ1v) is 11.0. The number of aryl methyl sites for hydroxylation is 1. The highest BCUT2D eigenvalue weighted by molar-refractivity contribution is 7.89. The summed E-state index contributed by atoms with van der Waals surface area (Å²) in [6, 6.07) is 12.5. The van der Waals surface area contributed by atoms with Crippen molar-refractivity contribution in [1.82, 2.24) is 9.62 Å². The first kappa shape index (κ1) is 18.5. The molecule has 1 atom stereocenters. The molecule has 1 fully saturated rings. The third-order valence-electron chi connectivity index (χ3n) is 5.31. The zero-order chi connectivity index (χ0) is 19.0. The van der Waals surface area contributed by atoms with E-state index in [0.717, 1.165) is 31.2 Å². The number of hydrogen-bond acceptors (Lipinski definition) is 3. The third kappa shape index (κ3) is 3.49. The van der Waals surface area contributed by atoms with Crippen molar-refractivity contribution in [2.75, 3.05) is 13.1 Å². The van der Waals surface area contributed by atoms with Gasteiger partial charge in [0.05, 0.1) is 11.1 Å². The standard InChI is InChI=1S/C20H21ClN2O3S/c21-17-9-7-15(13-19(17)27(25,26)23-11-3-4-12-23)20(24)22-18-10-8-14-5-1-2-6-16(14)18/h1-2,5-7,9,13,18H,3-4,8,10-12H2,(H,22,24). The zero-order valence-electron chi connectivity index (χ0n) is 14.8. The van der Waals surface area contributed by atoms with Crippen molar-refractivity contribution in [2.24, 2.45) is 0 Å². The molecule has 5 nitrogen and oxygen atoms in total. The zero-order valence-corrected chi connectivity index (χ0v) is 16.4. The van der Waals surface area contributed by atoms with E-state index in [9.17, 15) is 13.2 Å². The van der Waals surface area contributed by atoms with Crippen LogP contribution >= 0.6 is 11.6 Å². The summed E-state index contributed by atoms with van der Waals surface area (Å²) in [7, 11) is -3.68. The van der Waals surface area contributed by atoms with Crippen molar-refractivity contribution in [2.45, 2.75) is 36.6 Å². The smallest absolute Gasteiger partial charge is 0.251 e. The van der Waals surface area contributed by atoms with E-state index in [2.05, 4.69) is 11.4 Å². The number of carbonyl (C=O) groups is 1. The Morgan fingerprint density at radius 1 is 1.11 bits per heavy atom. The Balaban J connectivity index is 1.59. The predicted octanol–water partition coefficient (Wildman–Crippen LogP) is 3.54. The van der Waals surface area contributed by atoms with Crippen LogP contribution in [0.4, 0.5) is 0 Å². The molecule has 1 unspecified atom stereocenters. The first-order valence-electron chi connectivity index (χ1n) is 9.15. The normalized spacial score (nSPS) is 19.8. The van der Waals surface area contributed by atoms with E-state index in [1.807, 2.05) is 18.2 Å². The van der Waals surface area contributed by atoms with Gasteiger partial charge < -0.3 is 5.32 Å². The summed E-state index contributed by atoms with van der Waals surface area (Å²) in [5, 5.41) is 3.17. The second-order valence-electron chi connectivity index (χ2n) is 7.02. The number of halogens is 1. The summed E-state index contributed by atoms with van der Waals surface area (Å²) in [5.74, 6) is -0.286. The number of rotatable bonds is 4. The SMILES string of the molecule is O=C(NC1CCc2ccccc21)c1ccc(Cl)c(S(=O)(=O)N2CCCC2)c1. The molecule has 0 bridgehead atoms. The molecule has 0 radical (unpaired) electrons. The molecule has 142 valence electrons. The van der Waals surface area contributed by atoms with E-state index in [4.69, 9.17) is 11.6 Å². The molecule has 4 rings (SSSR count). The van der Waals surface area contributed by atoms with Crippen molar-refractivity contribution < 1.29 is 13.2 Å². The Bertz CT molecular complexity index is 984. The fourth-order valence-electron chi connectivity index (χ4n) is 3.86. The Hall–Kier alpha value is -1.89. The van der Waals surface area contributed by atoms with E-state index in [1.165, 1.54) is 22.0 Å². The lowest BCUT2D eigenvalue weighted by molar-refractivity contribution is 0.0936. The molecule has 7 heteroatoms. The number of sulfonamides is 1. The molecular weight excluding hydrogens is 384 g/mol. The van der Waals surface area contributed by atoms with Crippen molar-refractivity contribution in [3.63, 3.8) is 0 Å². The van der Waals surface area contributed by atoms with Crippen molar-refractivity contribution >= 4 is 27.5 Å². The summed E-state index contributed by atoms with van der Waals surface area (Å²) >= 11 is 6.16. The van der Waals surface area contributed by atoms with E-state index < -0.39 is 10.0 Å². The van der Waals surface area contributed by atoms with E-state index in [-0.39, 0.29) is 21.9 Å². The molecule has 0 aromatic heterocycles. The van der Waals surface area contributed by atoms with E-state index in [1.54, 1.807) is 6.07 Å². The molecule has 1 N–H and O–H groups in total. The van der Waals surface area contributed by atoms with Crippen LogP contribution in [0.5, 0.6) is 0 Å². The molecule has 2 aromatic rings. The van der Waals surface area contributed by atoms with Crippen LogP contribution < -0.4 is 5.32 Å². The lowest BCUT2D eigenvalue weighted by Gasteiger charge is -2.18. The largest absolute Gasteiger partial charge is 0.345 e. The second kappa shape index (κ2) is 7.26. The molecular formula is C20H21ClN2O3S.